The predicted molar refractivity (Wildman–Crippen MR) is 203 cm³/mol. The van der Waals surface area contributed by atoms with Crippen molar-refractivity contribution in [2.24, 2.45) is 5.92 Å². The Labute approximate surface area is 320 Å². The Bertz CT molecular complexity index is 2210. The summed E-state index contributed by atoms with van der Waals surface area (Å²) in [5.41, 5.74) is 5.68. The first kappa shape index (κ1) is 35.0. The fourth-order valence-corrected chi connectivity index (χ4v) is 11.2. The number of rotatable bonds is 8. The molecule has 5 aliphatic heterocycles. The van der Waals surface area contributed by atoms with Crippen molar-refractivity contribution < 1.29 is 22.6 Å². The van der Waals surface area contributed by atoms with Crippen LogP contribution in [0.1, 0.15) is 50.5 Å². The van der Waals surface area contributed by atoms with E-state index in [1.54, 1.807) is 6.07 Å². The summed E-state index contributed by atoms with van der Waals surface area (Å²) in [5, 5.41) is 14.5. The highest BCUT2D eigenvalue weighted by Crippen LogP contribution is 2.47. The molecular weight excluding hydrogens is 737 g/mol. The Morgan fingerprint density at radius 3 is 2.78 bits per heavy atom. The van der Waals surface area contributed by atoms with Gasteiger partial charge in [-0.2, -0.15) is 15.2 Å². The van der Waals surface area contributed by atoms with Gasteiger partial charge in [-0.05, 0) is 68.7 Å². The minimum absolute atomic E-state index is 0.00233. The van der Waals surface area contributed by atoms with Crippen LogP contribution in [0, 0.1) is 28.9 Å². The van der Waals surface area contributed by atoms with E-state index in [-0.39, 0.29) is 60.5 Å². The predicted octanol–water partition coefficient (Wildman–Crippen LogP) is 6.27. The maximum absolute atomic E-state index is 17.2. The molecule has 1 unspecified atom stereocenters. The average molecular weight is 779 g/mol. The van der Waals surface area contributed by atoms with Crippen molar-refractivity contribution in [3.63, 3.8) is 0 Å². The van der Waals surface area contributed by atoms with Gasteiger partial charge in [0.2, 0.25) is 0 Å². The van der Waals surface area contributed by atoms with Crippen molar-refractivity contribution in [1.29, 1.82) is 5.26 Å². The molecule has 54 heavy (non-hydrogen) atoms. The fourth-order valence-electron chi connectivity index (χ4n) is 9.93. The summed E-state index contributed by atoms with van der Waals surface area (Å²) in [7, 11) is 0. The lowest BCUT2D eigenvalue weighted by molar-refractivity contribution is -0.120. The van der Waals surface area contributed by atoms with Gasteiger partial charge in [0.25, 0.3) is 0 Å². The van der Waals surface area contributed by atoms with Crippen molar-refractivity contribution in [2.75, 3.05) is 69.7 Å². The van der Waals surface area contributed by atoms with Gasteiger partial charge < -0.3 is 25.4 Å². The highest BCUT2D eigenvalue weighted by Gasteiger charge is 2.50. The second kappa shape index (κ2) is 13.1. The third-order valence-electron chi connectivity index (χ3n) is 12.9. The van der Waals surface area contributed by atoms with E-state index in [1.807, 2.05) is 0 Å². The van der Waals surface area contributed by atoms with Crippen LogP contribution in [0.5, 0.6) is 6.01 Å². The van der Waals surface area contributed by atoms with Gasteiger partial charge in [-0.1, -0.05) is 17.7 Å². The van der Waals surface area contributed by atoms with Crippen LogP contribution in [-0.2, 0) is 4.74 Å². The molecule has 10 nitrogen and oxygen atoms in total. The highest BCUT2D eigenvalue weighted by molar-refractivity contribution is 7.23. The number of halogens is 4. The normalized spacial score (nSPS) is 28.3. The topological polar surface area (TPSA) is 126 Å². The Kier molecular flexibility index (Phi) is 8.47. The van der Waals surface area contributed by atoms with E-state index >= 15 is 8.78 Å². The molecule has 1 aliphatic carbocycles. The summed E-state index contributed by atoms with van der Waals surface area (Å²) in [4.78, 5) is 16.4. The molecular formula is C39H42ClF3N8O2S. The number of aromatic nitrogens is 2. The molecule has 1 saturated carbocycles. The van der Waals surface area contributed by atoms with Crippen LogP contribution < -0.4 is 20.7 Å². The largest absolute Gasteiger partial charge is 0.461 e. The number of nitrogens with two attached hydrogens (primary N) is 1. The van der Waals surface area contributed by atoms with E-state index in [0.717, 1.165) is 69.1 Å². The van der Waals surface area contributed by atoms with Gasteiger partial charge >= 0.3 is 6.01 Å². The Morgan fingerprint density at radius 2 is 1.98 bits per heavy atom. The van der Waals surface area contributed by atoms with Crippen LogP contribution in [0.25, 0.3) is 32.1 Å². The highest BCUT2D eigenvalue weighted by atomic mass is 35.5. The summed E-state index contributed by atoms with van der Waals surface area (Å²) in [6.07, 6.45) is 5.42. The summed E-state index contributed by atoms with van der Waals surface area (Å²) in [6, 6.07) is 7.61. The number of hydrogen-bond acceptors (Lipinski definition) is 11. The van der Waals surface area contributed by atoms with Gasteiger partial charge in [0.15, 0.2) is 5.82 Å². The number of alkyl halides is 1. The fraction of sp³-hybridized carbons (Fsp3) is 0.564. The van der Waals surface area contributed by atoms with Crippen molar-refractivity contribution in [1.82, 2.24) is 25.1 Å². The van der Waals surface area contributed by atoms with Crippen LogP contribution >= 0.6 is 22.9 Å². The Balaban J connectivity index is 1.00. The lowest BCUT2D eigenvalue weighted by Crippen LogP contribution is -2.57. The second-order valence-electron chi connectivity index (χ2n) is 16.3. The van der Waals surface area contributed by atoms with E-state index in [4.69, 9.17) is 31.8 Å². The molecule has 10 rings (SSSR count). The lowest BCUT2D eigenvalue weighted by atomic mass is 9.89. The Morgan fingerprint density at radius 1 is 1.15 bits per heavy atom. The van der Waals surface area contributed by atoms with Crippen LogP contribution in [0.2, 0.25) is 5.02 Å². The molecule has 5 saturated heterocycles. The molecule has 4 atom stereocenters. The van der Waals surface area contributed by atoms with Crippen LogP contribution in [0.3, 0.4) is 0 Å². The number of nitrogens with zero attached hydrogens (tertiary/aromatic N) is 6. The number of nitriles is 1. The van der Waals surface area contributed by atoms with Crippen LogP contribution in [-0.4, -0.2) is 108 Å². The molecule has 3 N–H and O–H groups in total. The zero-order valence-corrected chi connectivity index (χ0v) is 31.4. The minimum Gasteiger partial charge on any atom is -0.461 e. The number of nitrogen functional groups attached to an aromatic ring is 1. The molecule has 0 amide bonds. The first-order valence-corrected chi connectivity index (χ1v) is 20.3. The average Bonchev–Trinajstić information content (AvgIpc) is 4.04. The van der Waals surface area contributed by atoms with Crippen molar-refractivity contribution in [2.45, 2.75) is 74.3 Å². The molecule has 6 aliphatic rings. The molecule has 2 aromatic heterocycles. The molecule has 7 heterocycles. The number of fused-ring (bicyclic) bond motifs is 3. The number of hydrogen-bond donors (Lipinski definition) is 2. The van der Waals surface area contributed by atoms with Gasteiger partial charge in [0.05, 0.1) is 33.0 Å². The van der Waals surface area contributed by atoms with Crippen LogP contribution in [0.15, 0.2) is 18.2 Å². The molecule has 1 spiro atoms. The summed E-state index contributed by atoms with van der Waals surface area (Å²) in [5.74, 6) is 0.0512. The van der Waals surface area contributed by atoms with E-state index in [0.29, 0.717) is 55.9 Å². The maximum Gasteiger partial charge on any atom is 0.319 e. The first-order chi connectivity index (χ1) is 26.1. The van der Waals surface area contributed by atoms with E-state index < -0.39 is 23.3 Å². The monoisotopic (exact) mass is 778 g/mol. The molecule has 0 bridgehead atoms. The molecule has 4 aromatic rings. The third-order valence-corrected chi connectivity index (χ3v) is 14.2. The standard InChI is InChI=1S/C39H42ClF3N8O2S/c40-26-14-24-33(31(43)30(26)23-4-5-27(42)34-29(23)25(16-44)35(45)54-34)47-37(52-20-38-6-1-9-51(38)17-22(41)15-38)48-36(24)50-10-7-39(8-11-50)19-49(12-13-53-39)18-28-32(46-28)21-2-3-21/h4-5,14,21-22,28,32,46H,1-3,6-13,15,17-20,45H2/t22-,28?,32+,38+/m1/s1. The number of ether oxygens (including phenoxy) is 2. The zero-order valence-electron chi connectivity index (χ0n) is 29.9. The molecule has 2 aromatic carbocycles. The number of nitrogens with one attached hydrogen (secondary N) is 1. The van der Waals surface area contributed by atoms with Crippen molar-refractivity contribution in [3.8, 4) is 23.2 Å². The smallest absolute Gasteiger partial charge is 0.319 e. The SMILES string of the molecule is N#Cc1c(N)sc2c(F)ccc(-c3c(Cl)cc4c(N5CCC6(CC5)CN(CC5N[C@H]5C5CC5)CCO6)nc(OC[C@@]56CCCN5C[C@H](F)C6)nc4c3F)c12. The molecule has 15 heteroatoms. The Hall–Kier alpha value is -3.45. The number of thiophene rings is 1. The lowest BCUT2D eigenvalue weighted by Gasteiger charge is -2.47. The molecule has 6 fully saturated rings. The van der Waals surface area contributed by atoms with Crippen molar-refractivity contribution >= 4 is 54.7 Å². The number of benzene rings is 2. The number of anilines is 2. The van der Waals surface area contributed by atoms with Gasteiger partial charge in [-0.15, -0.1) is 11.3 Å². The van der Waals surface area contributed by atoms with E-state index in [9.17, 15) is 9.65 Å². The van der Waals surface area contributed by atoms with E-state index in [1.165, 1.54) is 25.0 Å². The number of morpholine rings is 1. The van der Waals surface area contributed by atoms with Crippen LogP contribution in [0.4, 0.5) is 24.0 Å². The molecule has 284 valence electrons. The van der Waals surface area contributed by atoms with E-state index in [2.05, 4.69) is 31.1 Å². The summed E-state index contributed by atoms with van der Waals surface area (Å²) < 4.78 is 59.8. The van der Waals surface area contributed by atoms with Gasteiger partial charge in [-0.25, -0.2) is 13.2 Å². The number of piperidine rings is 1. The second-order valence-corrected chi connectivity index (χ2v) is 17.7. The van der Waals surface area contributed by atoms with Gasteiger partial charge in [0, 0.05) is 74.1 Å². The van der Waals surface area contributed by atoms with Gasteiger partial charge in [-0.3, -0.25) is 9.80 Å². The summed E-state index contributed by atoms with van der Waals surface area (Å²) >= 11 is 7.89. The maximum atomic E-state index is 17.2. The third kappa shape index (κ3) is 5.89. The van der Waals surface area contributed by atoms with Gasteiger partial charge in [0.1, 0.15) is 41.0 Å². The van der Waals surface area contributed by atoms with Crippen molar-refractivity contribution in [3.05, 3.63) is 40.4 Å². The zero-order chi connectivity index (χ0) is 36.9. The summed E-state index contributed by atoms with van der Waals surface area (Å²) in [6.45, 7) is 6.14. The molecule has 0 radical (unpaired) electrons. The first-order valence-electron chi connectivity index (χ1n) is 19.1. The minimum atomic E-state index is -0.931. The quantitative estimate of drug-likeness (QED) is 0.198.